The number of aromatic nitrogens is 4. The standard InChI is InChI=1S/C10H6Cl4N4S/c11-9(12,7-5-15-1-3-17-7)19-10(13,14)8-6-16-2-4-18-8/h1-6H. The van der Waals surface area contributed by atoms with Crippen molar-refractivity contribution >= 4 is 58.2 Å². The average Bonchev–Trinajstić information content (AvgIpc) is 2.40. The summed E-state index contributed by atoms with van der Waals surface area (Å²) in [5, 5.41) is 0. The van der Waals surface area contributed by atoms with E-state index in [0.717, 1.165) is 11.8 Å². The van der Waals surface area contributed by atoms with E-state index in [9.17, 15) is 0 Å². The molecule has 0 saturated heterocycles. The molecule has 0 aromatic carbocycles. The van der Waals surface area contributed by atoms with E-state index < -0.39 is 7.33 Å². The first-order valence-electron chi connectivity index (χ1n) is 4.90. The van der Waals surface area contributed by atoms with Crippen molar-refractivity contribution in [2.75, 3.05) is 0 Å². The van der Waals surface area contributed by atoms with E-state index in [0.29, 0.717) is 11.4 Å². The predicted octanol–water partition coefficient (Wildman–Crippen LogP) is 3.88. The van der Waals surface area contributed by atoms with Crippen LogP contribution in [0.25, 0.3) is 0 Å². The van der Waals surface area contributed by atoms with Crippen LogP contribution in [0.4, 0.5) is 0 Å². The van der Waals surface area contributed by atoms with E-state index in [-0.39, 0.29) is 0 Å². The summed E-state index contributed by atoms with van der Waals surface area (Å²) in [6.45, 7) is 0. The number of halogens is 4. The summed E-state index contributed by atoms with van der Waals surface area (Å²) in [7, 11) is 0. The van der Waals surface area contributed by atoms with Crippen LogP contribution in [-0.2, 0) is 7.33 Å². The zero-order valence-electron chi connectivity index (χ0n) is 9.17. The van der Waals surface area contributed by atoms with E-state index in [1.54, 1.807) is 0 Å². The molecule has 2 rings (SSSR count). The Labute approximate surface area is 133 Å². The Balaban J connectivity index is 2.25. The van der Waals surface area contributed by atoms with Gasteiger partial charge in [-0.2, -0.15) is 0 Å². The summed E-state index contributed by atoms with van der Waals surface area (Å²) in [6, 6.07) is 0. The lowest BCUT2D eigenvalue weighted by Gasteiger charge is -2.25. The first kappa shape index (κ1) is 15.1. The zero-order chi connectivity index (χ0) is 13.9. The Morgan fingerprint density at radius 3 is 1.47 bits per heavy atom. The van der Waals surface area contributed by atoms with Crippen molar-refractivity contribution in [1.29, 1.82) is 0 Å². The van der Waals surface area contributed by atoms with E-state index in [1.165, 1.54) is 37.2 Å². The molecule has 19 heavy (non-hydrogen) atoms. The molecule has 0 saturated carbocycles. The van der Waals surface area contributed by atoms with Crippen LogP contribution in [-0.4, -0.2) is 19.9 Å². The lowest BCUT2D eigenvalue weighted by atomic mass is 10.5. The molecular formula is C10H6Cl4N4S. The number of nitrogens with zero attached hydrogens (tertiary/aromatic N) is 4. The molecule has 9 heteroatoms. The van der Waals surface area contributed by atoms with E-state index in [1.807, 2.05) is 0 Å². The largest absolute Gasteiger partial charge is 0.261 e. The third-order valence-electron chi connectivity index (χ3n) is 1.98. The zero-order valence-corrected chi connectivity index (χ0v) is 13.0. The fourth-order valence-corrected chi connectivity index (χ4v) is 4.16. The third kappa shape index (κ3) is 3.83. The van der Waals surface area contributed by atoms with Crippen molar-refractivity contribution in [2.45, 2.75) is 7.33 Å². The monoisotopic (exact) mass is 354 g/mol. The molecule has 0 amide bonds. The van der Waals surface area contributed by atoms with Crippen molar-refractivity contribution in [3.63, 3.8) is 0 Å². The highest BCUT2D eigenvalue weighted by atomic mass is 35.5. The summed E-state index contributed by atoms with van der Waals surface area (Å²) in [4.78, 5) is 15.8. The maximum atomic E-state index is 6.20. The Bertz CT molecular complexity index is 488. The lowest BCUT2D eigenvalue weighted by molar-refractivity contribution is 1.01. The molecule has 2 heterocycles. The van der Waals surface area contributed by atoms with Gasteiger partial charge in [0.1, 0.15) is 11.4 Å². The van der Waals surface area contributed by atoms with Crippen LogP contribution < -0.4 is 0 Å². The van der Waals surface area contributed by atoms with Crippen molar-refractivity contribution in [1.82, 2.24) is 19.9 Å². The van der Waals surface area contributed by atoms with Gasteiger partial charge in [0, 0.05) is 24.8 Å². The number of hydrogen-bond donors (Lipinski definition) is 0. The SMILES string of the molecule is ClC(Cl)(SC(Cl)(Cl)c1cnccn1)c1cnccn1. The predicted molar refractivity (Wildman–Crippen MR) is 78.4 cm³/mol. The molecule has 2 aromatic rings. The van der Waals surface area contributed by atoms with E-state index in [4.69, 9.17) is 46.4 Å². The average molecular weight is 356 g/mol. The van der Waals surface area contributed by atoms with Crippen molar-refractivity contribution in [3.05, 3.63) is 48.6 Å². The normalized spacial score (nSPS) is 12.4. The topological polar surface area (TPSA) is 51.6 Å². The van der Waals surface area contributed by atoms with Crippen LogP contribution in [0.3, 0.4) is 0 Å². The third-order valence-corrected chi connectivity index (χ3v) is 4.61. The highest BCUT2D eigenvalue weighted by Gasteiger charge is 2.42. The van der Waals surface area contributed by atoms with Gasteiger partial charge in [0.05, 0.1) is 12.4 Å². The highest BCUT2D eigenvalue weighted by Crippen LogP contribution is 2.57. The Kier molecular flexibility index (Phi) is 4.74. The van der Waals surface area contributed by atoms with E-state index in [2.05, 4.69) is 19.9 Å². The summed E-state index contributed by atoms with van der Waals surface area (Å²) in [5.41, 5.74) is 0.663. The van der Waals surface area contributed by atoms with Gasteiger partial charge in [0.15, 0.2) is 0 Å². The maximum absolute atomic E-state index is 6.20. The summed E-state index contributed by atoms with van der Waals surface area (Å²) >= 11 is 25.7. The summed E-state index contributed by atoms with van der Waals surface area (Å²) in [6.07, 6.45) is 8.84. The van der Waals surface area contributed by atoms with E-state index >= 15 is 0 Å². The second kappa shape index (κ2) is 5.97. The number of rotatable bonds is 4. The molecule has 0 aliphatic rings. The van der Waals surface area contributed by atoms with Crippen molar-refractivity contribution in [3.8, 4) is 0 Å². The molecule has 0 unspecified atom stereocenters. The van der Waals surface area contributed by atoms with Gasteiger partial charge in [-0.3, -0.25) is 19.9 Å². The lowest BCUT2D eigenvalue weighted by Crippen LogP contribution is -2.17. The van der Waals surface area contributed by atoms with Crippen LogP contribution in [0.1, 0.15) is 11.4 Å². The van der Waals surface area contributed by atoms with Gasteiger partial charge in [-0.05, 0) is 0 Å². The second-order valence-corrected chi connectivity index (χ2v) is 8.30. The fourth-order valence-electron chi connectivity index (χ4n) is 1.16. The number of hydrogen-bond acceptors (Lipinski definition) is 5. The Morgan fingerprint density at radius 2 is 1.16 bits per heavy atom. The van der Waals surface area contributed by atoms with Crippen LogP contribution in [0, 0.1) is 0 Å². The minimum absolute atomic E-state index is 0.331. The van der Waals surface area contributed by atoms with Gasteiger partial charge in [-0.15, -0.1) is 0 Å². The minimum atomic E-state index is -1.46. The van der Waals surface area contributed by atoms with Crippen molar-refractivity contribution < 1.29 is 0 Å². The van der Waals surface area contributed by atoms with Crippen molar-refractivity contribution in [2.24, 2.45) is 0 Å². The first-order chi connectivity index (χ1) is 8.92. The highest BCUT2D eigenvalue weighted by molar-refractivity contribution is 8.05. The summed E-state index contributed by atoms with van der Waals surface area (Å²) in [5.74, 6) is 0. The van der Waals surface area contributed by atoms with Gasteiger partial charge >= 0.3 is 0 Å². The molecule has 4 nitrogen and oxygen atoms in total. The van der Waals surface area contributed by atoms with Gasteiger partial charge in [-0.1, -0.05) is 58.2 Å². The number of thioether (sulfide) groups is 1. The van der Waals surface area contributed by atoms with Crippen LogP contribution >= 0.6 is 58.2 Å². The minimum Gasteiger partial charge on any atom is -0.261 e. The molecule has 0 aliphatic carbocycles. The number of alkyl halides is 4. The van der Waals surface area contributed by atoms with Gasteiger partial charge < -0.3 is 0 Å². The molecule has 2 aromatic heterocycles. The molecular weight excluding hydrogens is 350 g/mol. The van der Waals surface area contributed by atoms with Crippen LogP contribution in [0.15, 0.2) is 37.2 Å². The quantitative estimate of drug-likeness (QED) is 0.779. The molecule has 0 spiro atoms. The smallest absolute Gasteiger partial charge is 0.209 e. The Morgan fingerprint density at radius 1 is 0.737 bits per heavy atom. The Hall–Kier alpha value is -0.330. The molecule has 0 aliphatic heterocycles. The first-order valence-corrected chi connectivity index (χ1v) is 7.23. The molecule has 0 radical (unpaired) electrons. The van der Waals surface area contributed by atoms with Gasteiger partial charge in [0.25, 0.3) is 0 Å². The van der Waals surface area contributed by atoms with Crippen LogP contribution in [0.5, 0.6) is 0 Å². The molecule has 0 bridgehead atoms. The molecule has 100 valence electrons. The molecule has 0 atom stereocenters. The van der Waals surface area contributed by atoms with Gasteiger partial charge in [0.2, 0.25) is 7.33 Å². The fraction of sp³-hybridized carbons (Fsp3) is 0.200. The van der Waals surface area contributed by atoms with Gasteiger partial charge in [-0.25, -0.2) is 0 Å². The maximum Gasteiger partial charge on any atom is 0.209 e. The van der Waals surface area contributed by atoms with Crippen LogP contribution in [0.2, 0.25) is 0 Å². The summed E-state index contributed by atoms with van der Waals surface area (Å²) < 4.78 is -2.93. The molecule has 0 fully saturated rings. The second-order valence-electron chi connectivity index (χ2n) is 3.32. The molecule has 0 N–H and O–H groups in total.